The van der Waals surface area contributed by atoms with Crippen molar-refractivity contribution in [2.45, 2.75) is 25.4 Å². The number of carbonyl (C=O) groups excluding carboxylic acids is 2. The number of halogens is 1. The van der Waals surface area contributed by atoms with Crippen LogP contribution in [0.3, 0.4) is 0 Å². The fraction of sp³-hybridized carbons (Fsp3) is 0.333. The molecular formula is C21H23ClN6O2. The van der Waals surface area contributed by atoms with Crippen molar-refractivity contribution in [2.75, 3.05) is 20.1 Å². The van der Waals surface area contributed by atoms with Gasteiger partial charge in [0.1, 0.15) is 0 Å². The molecule has 156 valence electrons. The van der Waals surface area contributed by atoms with Gasteiger partial charge in [0.15, 0.2) is 0 Å². The number of fused-ring (bicyclic) bond motifs is 1. The lowest BCUT2D eigenvalue weighted by atomic mass is 10.0. The zero-order chi connectivity index (χ0) is 21.1. The normalized spacial score (nSPS) is 16.5. The predicted octanol–water partition coefficient (Wildman–Crippen LogP) is 3.06. The summed E-state index contributed by atoms with van der Waals surface area (Å²) >= 11 is 6.03. The number of urea groups is 1. The Bertz CT molecular complexity index is 1050. The average Bonchev–Trinajstić information content (AvgIpc) is 3.19. The molecule has 0 radical (unpaired) electrons. The van der Waals surface area contributed by atoms with E-state index >= 15 is 0 Å². The number of aromatic amines is 1. The summed E-state index contributed by atoms with van der Waals surface area (Å²) in [5.74, 6) is -0.0832. The smallest absolute Gasteiger partial charge is 0.317 e. The molecule has 0 aliphatic carbocycles. The lowest BCUT2D eigenvalue weighted by molar-refractivity contribution is 0.0635. The van der Waals surface area contributed by atoms with Crippen LogP contribution in [0.25, 0.3) is 10.9 Å². The number of piperidine rings is 1. The maximum absolute atomic E-state index is 12.7. The molecule has 2 aromatic heterocycles. The van der Waals surface area contributed by atoms with Crippen LogP contribution in [-0.2, 0) is 6.54 Å². The molecule has 2 N–H and O–H groups in total. The Morgan fingerprint density at radius 1 is 1.30 bits per heavy atom. The molecular weight excluding hydrogens is 404 g/mol. The Morgan fingerprint density at radius 2 is 2.17 bits per heavy atom. The minimum absolute atomic E-state index is 0.0426. The van der Waals surface area contributed by atoms with Crippen LogP contribution in [0.15, 0.2) is 42.7 Å². The minimum atomic E-state index is -0.170. The van der Waals surface area contributed by atoms with Crippen LogP contribution >= 0.6 is 11.6 Å². The summed E-state index contributed by atoms with van der Waals surface area (Å²) in [4.78, 5) is 32.1. The number of benzene rings is 1. The lowest BCUT2D eigenvalue weighted by Gasteiger charge is -2.37. The van der Waals surface area contributed by atoms with Gasteiger partial charge in [-0.05, 0) is 43.2 Å². The summed E-state index contributed by atoms with van der Waals surface area (Å²) in [6, 6.07) is 9.05. The van der Waals surface area contributed by atoms with Gasteiger partial charge in [-0.3, -0.25) is 4.79 Å². The van der Waals surface area contributed by atoms with E-state index < -0.39 is 0 Å². The molecule has 1 unspecified atom stereocenters. The van der Waals surface area contributed by atoms with Crippen LogP contribution < -0.4 is 5.32 Å². The zero-order valence-electron chi connectivity index (χ0n) is 16.6. The first kappa shape index (κ1) is 20.2. The van der Waals surface area contributed by atoms with Crippen LogP contribution in [0, 0.1) is 0 Å². The molecule has 1 saturated heterocycles. The third-order valence-corrected chi connectivity index (χ3v) is 5.69. The number of nitrogens with zero attached hydrogens (tertiary/aromatic N) is 4. The molecule has 3 heterocycles. The molecule has 30 heavy (non-hydrogen) atoms. The summed E-state index contributed by atoms with van der Waals surface area (Å²) in [6.45, 7) is 1.55. The van der Waals surface area contributed by atoms with Crippen LogP contribution in [0.2, 0.25) is 5.02 Å². The molecule has 9 heteroatoms. The number of aromatic nitrogens is 3. The van der Waals surface area contributed by atoms with Gasteiger partial charge in [-0.2, -0.15) is 10.2 Å². The second kappa shape index (κ2) is 8.71. The highest BCUT2D eigenvalue weighted by molar-refractivity contribution is 6.31. The molecule has 0 spiro atoms. The SMILES string of the molecule is CN(C(=O)NCc1cc2cc(Cl)ccc2[nH]1)C1CCCN(C(=O)c2ccnnc2)C1. The van der Waals surface area contributed by atoms with Gasteiger partial charge in [0.25, 0.3) is 5.91 Å². The van der Waals surface area contributed by atoms with E-state index in [1.807, 2.05) is 24.3 Å². The second-order valence-electron chi connectivity index (χ2n) is 7.47. The summed E-state index contributed by atoms with van der Waals surface area (Å²) in [5.41, 5.74) is 2.39. The van der Waals surface area contributed by atoms with E-state index in [0.717, 1.165) is 29.4 Å². The van der Waals surface area contributed by atoms with Crippen LogP contribution in [-0.4, -0.2) is 63.1 Å². The molecule has 0 bridgehead atoms. The van der Waals surface area contributed by atoms with Crippen molar-refractivity contribution < 1.29 is 9.59 Å². The first-order valence-electron chi connectivity index (χ1n) is 9.85. The van der Waals surface area contributed by atoms with E-state index in [1.54, 1.807) is 22.9 Å². The molecule has 1 aliphatic heterocycles. The van der Waals surface area contributed by atoms with E-state index in [4.69, 9.17) is 11.6 Å². The van der Waals surface area contributed by atoms with Crippen molar-refractivity contribution in [1.82, 2.24) is 30.3 Å². The molecule has 1 atom stereocenters. The Morgan fingerprint density at radius 3 is 2.97 bits per heavy atom. The number of H-pyrrole nitrogens is 1. The molecule has 3 amide bonds. The standard InChI is InChI=1S/C21H23ClN6O2/c1-27(18-3-2-8-28(13-18)20(29)14-6-7-24-25-11-14)21(30)23-12-17-10-15-9-16(22)4-5-19(15)26-17/h4-7,9-11,18,26H,2-3,8,12-13H2,1H3,(H,23,30). The molecule has 8 nitrogen and oxygen atoms in total. The number of rotatable bonds is 4. The fourth-order valence-corrected chi connectivity index (χ4v) is 3.96. The van der Waals surface area contributed by atoms with Gasteiger partial charge in [0.2, 0.25) is 0 Å². The van der Waals surface area contributed by atoms with Crippen LogP contribution in [0.1, 0.15) is 28.9 Å². The number of hydrogen-bond acceptors (Lipinski definition) is 4. The maximum Gasteiger partial charge on any atom is 0.317 e. The Hall–Kier alpha value is -3.13. The van der Waals surface area contributed by atoms with Crippen molar-refractivity contribution in [3.63, 3.8) is 0 Å². The number of carbonyl (C=O) groups is 2. The summed E-state index contributed by atoms with van der Waals surface area (Å²) in [6.07, 6.45) is 4.67. The predicted molar refractivity (Wildman–Crippen MR) is 114 cm³/mol. The first-order chi connectivity index (χ1) is 14.5. The molecule has 4 rings (SSSR count). The Balaban J connectivity index is 1.35. The van der Waals surface area contributed by atoms with Gasteiger partial charge >= 0.3 is 6.03 Å². The van der Waals surface area contributed by atoms with Crippen LogP contribution in [0.4, 0.5) is 4.79 Å². The van der Waals surface area contributed by atoms with Crippen LogP contribution in [0.5, 0.6) is 0 Å². The monoisotopic (exact) mass is 426 g/mol. The van der Waals surface area contributed by atoms with Gasteiger partial charge in [0.05, 0.1) is 30.5 Å². The first-order valence-corrected chi connectivity index (χ1v) is 10.2. The van der Waals surface area contributed by atoms with Gasteiger partial charge in [-0.1, -0.05) is 11.6 Å². The molecule has 1 aliphatic rings. The number of likely N-dealkylation sites (tertiary alicyclic amines) is 1. The van der Waals surface area contributed by atoms with Gasteiger partial charge in [0, 0.05) is 41.8 Å². The number of hydrogen-bond donors (Lipinski definition) is 2. The molecule has 0 saturated carbocycles. The summed E-state index contributed by atoms with van der Waals surface area (Å²) in [7, 11) is 1.77. The van der Waals surface area contributed by atoms with E-state index in [2.05, 4.69) is 20.5 Å². The number of nitrogens with one attached hydrogen (secondary N) is 2. The van der Waals surface area contributed by atoms with Crippen molar-refractivity contribution in [3.05, 3.63) is 59.0 Å². The lowest BCUT2D eigenvalue weighted by Crippen LogP contribution is -2.52. The van der Waals surface area contributed by atoms with E-state index in [-0.39, 0.29) is 18.0 Å². The van der Waals surface area contributed by atoms with Crippen molar-refractivity contribution in [2.24, 2.45) is 0 Å². The number of amides is 3. The van der Waals surface area contributed by atoms with E-state index in [1.165, 1.54) is 12.4 Å². The largest absolute Gasteiger partial charge is 0.357 e. The number of likely N-dealkylation sites (N-methyl/N-ethyl adjacent to an activating group) is 1. The third-order valence-electron chi connectivity index (χ3n) is 5.45. The quantitative estimate of drug-likeness (QED) is 0.670. The second-order valence-corrected chi connectivity index (χ2v) is 7.91. The van der Waals surface area contributed by atoms with Crippen molar-refractivity contribution in [3.8, 4) is 0 Å². The average molecular weight is 427 g/mol. The highest BCUT2D eigenvalue weighted by Gasteiger charge is 2.29. The summed E-state index contributed by atoms with van der Waals surface area (Å²) < 4.78 is 0. The highest BCUT2D eigenvalue weighted by Crippen LogP contribution is 2.20. The minimum Gasteiger partial charge on any atom is -0.357 e. The van der Waals surface area contributed by atoms with E-state index in [9.17, 15) is 9.59 Å². The maximum atomic E-state index is 12.7. The highest BCUT2D eigenvalue weighted by atomic mass is 35.5. The zero-order valence-corrected chi connectivity index (χ0v) is 17.4. The third kappa shape index (κ3) is 4.38. The molecule has 3 aromatic rings. The Kier molecular flexibility index (Phi) is 5.85. The van der Waals surface area contributed by atoms with Gasteiger partial charge < -0.3 is 20.1 Å². The van der Waals surface area contributed by atoms with Crippen molar-refractivity contribution >= 4 is 34.4 Å². The van der Waals surface area contributed by atoms with Gasteiger partial charge in [-0.25, -0.2) is 4.79 Å². The topological polar surface area (TPSA) is 94.2 Å². The van der Waals surface area contributed by atoms with Gasteiger partial charge in [-0.15, -0.1) is 0 Å². The molecule has 1 aromatic carbocycles. The molecule has 1 fully saturated rings. The fourth-order valence-electron chi connectivity index (χ4n) is 3.78. The van der Waals surface area contributed by atoms with E-state index in [0.29, 0.717) is 30.2 Å². The summed E-state index contributed by atoms with van der Waals surface area (Å²) in [5, 5.41) is 12.1. The Labute approximate surface area is 179 Å². The van der Waals surface area contributed by atoms with Crippen molar-refractivity contribution in [1.29, 1.82) is 0 Å².